The molecule has 1 rings (SSSR count). The van der Waals surface area contributed by atoms with Crippen molar-refractivity contribution in [3.8, 4) is 5.75 Å². The lowest BCUT2D eigenvalue weighted by Gasteiger charge is -2.18. The Balaban J connectivity index is 2.60. The van der Waals surface area contributed by atoms with E-state index in [4.69, 9.17) is 4.74 Å². The first-order valence-corrected chi connectivity index (χ1v) is 8.92. The lowest BCUT2D eigenvalue weighted by molar-refractivity contribution is 0.414. The summed E-state index contributed by atoms with van der Waals surface area (Å²) in [5.41, 5.74) is 1.18. The molecular formula is C16H27NO2S. The molecule has 0 aliphatic heterocycles. The van der Waals surface area contributed by atoms with Gasteiger partial charge in [-0.25, -0.2) is 0 Å². The smallest absolute Gasteiger partial charge is 0.118 e. The predicted molar refractivity (Wildman–Crippen MR) is 86.8 cm³/mol. The Hall–Kier alpha value is -0.870. The minimum Gasteiger partial charge on any atom is -0.497 e. The Morgan fingerprint density at radius 3 is 2.45 bits per heavy atom. The van der Waals surface area contributed by atoms with Gasteiger partial charge < -0.3 is 10.1 Å². The number of unbranched alkanes of at least 4 members (excludes halogenated alkanes) is 2. The van der Waals surface area contributed by atoms with Crippen LogP contribution in [0.3, 0.4) is 0 Å². The third kappa shape index (κ3) is 6.06. The fourth-order valence-corrected chi connectivity index (χ4v) is 3.51. The van der Waals surface area contributed by atoms with Gasteiger partial charge in [0.2, 0.25) is 0 Å². The van der Waals surface area contributed by atoms with Gasteiger partial charge in [-0.2, -0.15) is 0 Å². The van der Waals surface area contributed by atoms with E-state index in [1.165, 1.54) is 18.4 Å². The molecule has 0 saturated heterocycles. The van der Waals surface area contributed by atoms with E-state index in [2.05, 4.69) is 31.3 Å². The van der Waals surface area contributed by atoms with Gasteiger partial charge in [-0.1, -0.05) is 38.8 Å². The first-order chi connectivity index (χ1) is 9.71. The SMILES string of the molecule is CCCCCS(=O)CC(NCC)c1ccc(OC)cc1. The number of hydrogen-bond acceptors (Lipinski definition) is 3. The molecule has 0 heterocycles. The van der Waals surface area contributed by atoms with Crippen molar-refractivity contribution in [3.05, 3.63) is 29.8 Å². The minimum absolute atomic E-state index is 0.161. The van der Waals surface area contributed by atoms with E-state index in [0.717, 1.165) is 24.5 Å². The van der Waals surface area contributed by atoms with Crippen LogP contribution in [0.2, 0.25) is 0 Å². The Labute approximate surface area is 125 Å². The number of benzene rings is 1. The van der Waals surface area contributed by atoms with Gasteiger partial charge in [0.25, 0.3) is 0 Å². The molecule has 4 heteroatoms. The van der Waals surface area contributed by atoms with Crippen molar-refractivity contribution in [3.63, 3.8) is 0 Å². The Bertz CT molecular complexity index is 392. The highest BCUT2D eigenvalue weighted by molar-refractivity contribution is 7.85. The summed E-state index contributed by atoms with van der Waals surface area (Å²) in [5, 5.41) is 3.42. The molecule has 3 nitrogen and oxygen atoms in total. The molecule has 0 saturated carbocycles. The number of ether oxygens (including phenoxy) is 1. The largest absolute Gasteiger partial charge is 0.497 e. The number of rotatable bonds is 10. The molecule has 1 aromatic rings. The van der Waals surface area contributed by atoms with E-state index < -0.39 is 10.8 Å². The predicted octanol–water partition coefficient (Wildman–Crippen LogP) is 3.28. The molecule has 0 fully saturated rings. The highest BCUT2D eigenvalue weighted by Gasteiger charge is 2.14. The second kappa shape index (κ2) is 9.94. The van der Waals surface area contributed by atoms with Crippen LogP contribution in [-0.2, 0) is 10.8 Å². The molecule has 0 amide bonds. The van der Waals surface area contributed by atoms with Crippen LogP contribution in [0.5, 0.6) is 5.75 Å². The standard InChI is InChI=1S/C16H27NO2S/c1-4-6-7-12-20(18)13-16(17-5-2)14-8-10-15(19-3)11-9-14/h8-11,16-17H,4-7,12-13H2,1-3H3. The van der Waals surface area contributed by atoms with E-state index in [9.17, 15) is 4.21 Å². The van der Waals surface area contributed by atoms with Crippen molar-refractivity contribution in [2.45, 2.75) is 39.2 Å². The van der Waals surface area contributed by atoms with Crippen molar-refractivity contribution in [1.29, 1.82) is 0 Å². The van der Waals surface area contributed by atoms with Gasteiger partial charge in [0.05, 0.1) is 7.11 Å². The number of hydrogen-bond donors (Lipinski definition) is 1. The molecule has 2 atom stereocenters. The molecule has 1 N–H and O–H groups in total. The average Bonchev–Trinajstić information content (AvgIpc) is 2.47. The number of nitrogens with one attached hydrogen (secondary N) is 1. The molecule has 0 spiro atoms. The first-order valence-electron chi connectivity index (χ1n) is 7.43. The van der Waals surface area contributed by atoms with E-state index in [0.29, 0.717) is 5.75 Å². The van der Waals surface area contributed by atoms with Crippen molar-refractivity contribution < 1.29 is 8.95 Å². The molecule has 0 radical (unpaired) electrons. The summed E-state index contributed by atoms with van der Waals surface area (Å²) in [7, 11) is 0.912. The molecule has 2 unspecified atom stereocenters. The van der Waals surface area contributed by atoms with E-state index >= 15 is 0 Å². The quantitative estimate of drug-likeness (QED) is 0.674. The monoisotopic (exact) mass is 297 g/mol. The van der Waals surface area contributed by atoms with E-state index in [1.54, 1.807) is 7.11 Å². The lowest BCUT2D eigenvalue weighted by Crippen LogP contribution is -2.26. The van der Waals surface area contributed by atoms with Crippen LogP contribution in [0.25, 0.3) is 0 Å². The average molecular weight is 297 g/mol. The third-order valence-electron chi connectivity index (χ3n) is 3.30. The second-order valence-electron chi connectivity index (χ2n) is 4.90. The highest BCUT2D eigenvalue weighted by atomic mass is 32.2. The van der Waals surface area contributed by atoms with Gasteiger partial charge in [-0.15, -0.1) is 0 Å². The molecule has 1 aromatic carbocycles. The van der Waals surface area contributed by atoms with Crippen LogP contribution in [0.15, 0.2) is 24.3 Å². The third-order valence-corrected chi connectivity index (χ3v) is 4.75. The van der Waals surface area contributed by atoms with Gasteiger partial charge in [-0.05, 0) is 30.7 Å². The zero-order chi connectivity index (χ0) is 14.8. The van der Waals surface area contributed by atoms with Gasteiger partial charge in [0.1, 0.15) is 5.75 Å². The maximum atomic E-state index is 12.1. The summed E-state index contributed by atoms with van der Waals surface area (Å²) in [6.07, 6.45) is 3.40. The van der Waals surface area contributed by atoms with Crippen LogP contribution < -0.4 is 10.1 Å². The Morgan fingerprint density at radius 2 is 1.90 bits per heavy atom. The van der Waals surface area contributed by atoms with Gasteiger partial charge in [0.15, 0.2) is 0 Å². The van der Waals surface area contributed by atoms with Gasteiger partial charge >= 0.3 is 0 Å². The fourth-order valence-electron chi connectivity index (χ4n) is 2.14. The van der Waals surface area contributed by atoms with Crippen LogP contribution in [0.1, 0.15) is 44.7 Å². The Kier molecular flexibility index (Phi) is 8.54. The normalized spacial score (nSPS) is 13.9. The van der Waals surface area contributed by atoms with Crippen LogP contribution >= 0.6 is 0 Å². The number of methoxy groups -OCH3 is 1. The molecule has 20 heavy (non-hydrogen) atoms. The summed E-state index contributed by atoms with van der Waals surface area (Å²) in [5.74, 6) is 2.35. The Morgan fingerprint density at radius 1 is 1.20 bits per heavy atom. The molecule has 0 aliphatic carbocycles. The van der Waals surface area contributed by atoms with Crippen LogP contribution in [0.4, 0.5) is 0 Å². The van der Waals surface area contributed by atoms with E-state index in [1.807, 2.05) is 12.1 Å². The fraction of sp³-hybridized carbons (Fsp3) is 0.625. The molecule has 114 valence electrons. The zero-order valence-electron chi connectivity index (χ0n) is 12.9. The van der Waals surface area contributed by atoms with Crippen molar-refractivity contribution in [2.75, 3.05) is 25.2 Å². The highest BCUT2D eigenvalue weighted by Crippen LogP contribution is 2.19. The van der Waals surface area contributed by atoms with Crippen molar-refractivity contribution >= 4 is 10.8 Å². The molecule has 0 aliphatic rings. The zero-order valence-corrected chi connectivity index (χ0v) is 13.7. The van der Waals surface area contributed by atoms with Gasteiger partial charge in [-0.3, -0.25) is 4.21 Å². The summed E-state index contributed by atoms with van der Waals surface area (Å²) in [4.78, 5) is 0. The minimum atomic E-state index is -0.754. The maximum absolute atomic E-state index is 12.1. The van der Waals surface area contributed by atoms with Crippen molar-refractivity contribution in [2.24, 2.45) is 0 Å². The summed E-state index contributed by atoms with van der Waals surface area (Å²) in [6.45, 7) is 5.13. The summed E-state index contributed by atoms with van der Waals surface area (Å²) < 4.78 is 17.3. The van der Waals surface area contributed by atoms with Crippen molar-refractivity contribution in [1.82, 2.24) is 5.32 Å². The molecule has 0 bridgehead atoms. The second-order valence-corrected chi connectivity index (χ2v) is 6.52. The first kappa shape index (κ1) is 17.2. The van der Waals surface area contributed by atoms with E-state index in [-0.39, 0.29) is 6.04 Å². The summed E-state index contributed by atoms with van der Waals surface area (Å²) in [6, 6.07) is 8.18. The van der Waals surface area contributed by atoms with Crippen LogP contribution in [-0.4, -0.2) is 29.4 Å². The lowest BCUT2D eigenvalue weighted by atomic mass is 10.1. The maximum Gasteiger partial charge on any atom is 0.118 e. The molecular weight excluding hydrogens is 270 g/mol. The molecule has 0 aromatic heterocycles. The van der Waals surface area contributed by atoms with Gasteiger partial charge in [0, 0.05) is 28.3 Å². The topological polar surface area (TPSA) is 38.3 Å². The summed E-state index contributed by atoms with van der Waals surface area (Å²) >= 11 is 0. The van der Waals surface area contributed by atoms with Crippen LogP contribution in [0, 0.1) is 0 Å².